The zero-order chi connectivity index (χ0) is 10.7. The molecule has 78 valence electrons. The Morgan fingerprint density at radius 3 is 2.50 bits per heavy atom. The highest BCUT2D eigenvalue weighted by atomic mass is 127. The standard InChI is InChI=1S/C12H18IN/c1-9-5-6-11(12(13)7-9)8-10(2)14(3)4/h5-7,10H,8H2,1-4H3/t10-/m1/s1. The molecule has 0 heterocycles. The first-order chi connectivity index (χ1) is 6.50. The topological polar surface area (TPSA) is 3.24 Å². The van der Waals surface area contributed by atoms with Gasteiger partial charge in [0.15, 0.2) is 0 Å². The molecule has 0 bridgehead atoms. The first-order valence-electron chi connectivity index (χ1n) is 4.92. The van der Waals surface area contributed by atoms with Crippen molar-refractivity contribution in [1.82, 2.24) is 4.90 Å². The van der Waals surface area contributed by atoms with E-state index in [0.29, 0.717) is 6.04 Å². The number of benzene rings is 1. The molecule has 0 aliphatic heterocycles. The summed E-state index contributed by atoms with van der Waals surface area (Å²) < 4.78 is 1.39. The highest BCUT2D eigenvalue weighted by molar-refractivity contribution is 14.1. The number of hydrogen-bond acceptors (Lipinski definition) is 1. The first-order valence-corrected chi connectivity index (χ1v) is 6.00. The van der Waals surface area contributed by atoms with E-state index < -0.39 is 0 Å². The molecule has 1 rings (SSSR count). The molecule has 2 heteroatoms. The summed E-state index contributed by atoms with van der Waals surface area (Å²) >= 11 is 2.42. The van der Waals surface area contributed by atoms with E-state index in [-0.39, 0.29) is 0 Å². The Kier molecular flexibility index (Phi) is 4.38. The number of rotatable bonds is 3. The summed E-state index contributed by atoms with van der Waals surface area (Å²) in [5.41, 5.74) is 2.80. The van der Waals surface area contributed by atoms with E-state index in [1.807, 2.05) is 0 Å². The molecule has 0 radical (unpaired) electrons. The number of aryl methyl sites for hydroxylation is 1. The third-order valence-corrected chi connectivity index (χ3v) is 3.61. The summed E-state index contributed by atoms with van der Waals surface area (Å²) in [5.74, 6) is 0. The van der Waals surface area contributed by atoms with Crippen LogP contribution in [-0.4, -0.2) is 25.0 Å². The minimum Gasteiger partial charge on any atom is -0.306 e. The first kappa shape index (κ1) is 12.0. The van der Waals surface area contributed by atoms with Crippen molar-refractivity contribution in [2.45, 2.75) is 26.3 Å². The monoisotopic (exact) mass is 303 g/mol. The normalized spacial score (nSPS) is 13.3. The lowest BCUT2D eigenvalue weighted by Gasteiger charge is -2.20. The molecule has 0 saturated carbocycles. The highest BCUT2D eigenvalue weighted by Crippen LogP contribution is 2.16. The second-order valence-electron chi connectivity index (χ2n) is 4.11. The van der Waals surface area contributed by atoms with Gasteiger partial charge in [0.05, 0.1) is 0 Å². The molecule has 1 nitrogen and oxygen atoms in total. The summed E-state index contributed by atoms with van der Waals surface area (Å²) in [4.78, 5) is 2.26. The lowest BCUT2D eigenvalue weighted by molar-refractivity contribution is 0.312. The molecule has 0 amide bonds. The van der Waals surface area contributed by atoms with E-state index >= 15 is 0 Å². The quantitative estimate of drug-likeness (QED) is 0.776. The molecule has 0 N–H and O–H groups in total. The Balaban J connectivity index is 2.77. The largest absolute Gasteiger partial charge is 0.306 e. The summed E-state index contributed by atoms with van der Waals surface area (Å²) in [7, 11) is 4.26. The number of likely N-dealkylation sites (N-methyl/N-ethyl adjacent to an activating group) is 1. The van der Waals surface area contributed by atoms with Crippen molar-refractivity contribution in [1.29, 1.82) is 0 Å². The molecule has 14 heavy (non-hydrogen) atoms. The Morgan fingerprint density at radius 1 is 1.36 bits per heavy atom. The van der Waals surface area contributed by atoms with Crippen LogP contribution in [0.1, 0.15) is 18.1 Å². The van der Waals surface area contributed by atoms with Crippen molar-refractivity contribution in [2.75, 3.05) is 14.1 Å². The minimum atomic E-state index is 0.603. The highest BCUT2D eigenvalue weighted by Gasteiger charge is 2.07. The van der Waals surface area contributed by atoms with Crippen molar-refractivity contribution in [3.05, 3.63) is 32.9 Å². The van der Waals surface area contributed by atoms with Crippen LogP contribution in [0.5, 0.6) is 0 Å². The average Bonchev–Trinajstić information content (AvgIpc) is 2.09. The van der Waals surface area contributed by atoms with Crippen LogP contribution in [0.3, 0.4) is 0 Å². The Hall–Kier alpha value is -0.0900. The van der Waals surface area contributed by atoms with Crippen LogP contribution in [0.4, 0.5) is 0 Å². The second kappa shape index (κ2) is 5.12. The van der Waals surface area contributed by atoms with Crippen LogP contribution in [0.25, 0.3) is 0 Å². The van der Waals surface area contributed by atoms with Crippen molar-refractivity contribution < 1.29 is 0 Å². The van der Waals surface area contributed by atoms with E-state index in [9.17, 15) is 0 Å². The molecule has 0 aliphatic carbocycles. The molecular formula is C12H18IN. The van der Waals surface area contributed by atoms with E-state index in [1.165, 1.54) is 14.7 Å². The molecule has 1 atom stereocenters. The fraction of sp³-hybridized carbons (Fsp3) is 0.500. The van der Waals surface area contributed by atoms with Crippen LogP contribution in [0.2, 0.25) is 0 Å². The molecule has 0 spiro atoms. The van der Waals surface area contributed by atoms with Crippen molar-refractivity contribution in [3.8, 4) is 0 Å². The lowest BCUT2D eigenvalue weighted by Crippen LogP contribution is -2.26. The zero-order valence-electron chi connectivity index (χ0n) is 9.34. The van der Waals surface area contributed by atoms with Gasteiger partial charge in [0.2, 0.25) is 0 Å². The number of hydrogen-bond donors (Lipinski definition) is 0. The van der Waals surface area contributed by atoms with Gasteiger partial charge < -0.3 is 4.90 Å². The van der Waals surface area contributed by atoms with Gasteiger partial charge in [-0.05, 0) is 68.6 Å². The summed E-state index contributed by atoms with van der Waals surface area (Å²) in [6.45, 7) is 4.40. The zero-order valence-corrected chi connectivity index (χ0v) is 11.5. The third-order valence-electron chi connectivity index (χ3n) is 2.61. The maximum Gasteiger partial charge on any atom is 0.0165 e. The molecule has 0 aromatic heterocycles. The predicted molar refractivity (Wildman–Crippen MR) is 70.7 cm³/mol. The maximum atomic E-state index is 2.42. The van der Waals surface area contributed by atoms with Gasteiger partial charge in [-0.2, -0.15) is 0 Å². The van der Waals surface area contributed by atoms with Gasteiger partial charge in [-0.15, -0.1) is 0 Å². The third kappa shape index (κ3) is 3.24. The van der Waals surface area contributed by atoms with Gasteiger partial charge in [-0.3, -0.25) is 0 Å². The molecule has 0 aliphatic rings. The molecular weight excluding hydrogens is 285 g/mol. The number of nitrogens with zero attached hydrogens (tertiary/aromatic N) is 1. The van der Waals surface area contributed by atoms with Crippen LogP contribution in [0, 0.1) is 10.5 Å². The Morgan fingerprint density at radius 2 is 2.00 bits per heavy atom. The summed E-state index contributed by atoms with van der Waals surface area (Å²) in [6.07, 6.45) is 1.13. The fourth-order valence-corrected chi connectivity index (χ4v) is 2.21. The molecule has 1 aromatic rings. The molecule has 1 aromatic carbocycles. The Bertz CT molecular complexity index is 307. The van der Waals surface area contributed by atoms with Gasteiger partial charge in [0.25, 0.3) is 0 Å². The minimum absolute atomic E-state index is 0.603. The lowest BCUT2D eigenvalue weighted by atomic mass is 10.1. The second-order valence-corrected chi connectivity index (χ2v) is 5.27. The van der Waals surface area contributed by atoms with E-state index in [0.717, 1.165) is 6.42 Å². The van der Waals surface area contributed by atoms with Gasteiger partial charge in [-0.25, -0.2) is 0 Å². The molecule has 0 saturated heterocycles. The smallest absolute Gasteiger partial charge is 0.0165 e. The maximum absolute atomic E-state index is 2.42. The van der Waals surface area contributed by atoms with E-state index in [2.05, 4.69) is 73.6 Å². The summed E-state index contributed by atoms with van der Waals surface area (Å²) in [5, 5.41) is 0. The SMILES string of the molecule is Cc1ccc(C[C@@H](C)N(C)C)c(I)c1. The van der Waals surface area contributed by atoms with Crippen molar-refractivity contribution >= 4 is 22.6 Å². The Labute approximate surface area is 101 Å². The van der Waals surface area contributed by atoms with Crippen LogP contribution in [-0.2, 0) is 6.42 Å². The predicted octanol–water partition coefficient (Wildman–Crippen LogP) is 3.09. The van der Waals surface area contributed by atoms with Gasteiger partial charge in [-0.1, -0.05) is 17.7 Å². The van der Waals surface area contributed by atoms with Crippen LogP contribution >= 0.6 is 22.6 Å². The van der Waals surface area contributed by atoms with Gasteiger partial charge >= 0.3 is 0 Å². The van der Waals surface area contributed by atoms with E-state index in [1.54, 1.807) is 0 Å². The van der Waals surface area contributed by atoms with Crippen molar-refractivity contribution in [2.24, 2.45) is 0 Å². The van der Waals surface area contributed by atoms with Crippen LogP contribution < -0.4 is 0 Å². The molecule has 0 fully saturated rings. The summed E-state index contributed by atoms with van der Waals surface area (Å²) in [6, 6.07) is 7.29. The van der Waals surface area contributed by atoms with Gasteiger partial charge in [0.1, 0.15) is 0 Å². The van der Waals surface area contributed by atoms with Crippen LogP contribution in [0.15, 0.2) is 18.2 Å². The average molecular weight is 303 g/mol. The fourth-order valence-electron chi connectivity index (χ4n) is 1.32. The van der Waals surface area contributed by atoms with Gasteiger partial charge in [0, 0.05) is 9.61 Å². The molecule has 0 unspecified atom stereocenters. The van der Waals surface area contributed by atoms with E-state index in [4.69, 9.17) is 0 Å². The van der Waals surface area contributed by atoms with Crippen molar-refractivity contribution in [3.63, 3.8) is 0 Å². The number of halogens is 1.